The zero-order valence-corrected chi connectivity index (χ0v) is 22.7. The summed E-state index contributed by atoms with van der Waals surface area (Å²) in [5.41, 5.74) is 2.62. The maximum atomic E-state index is 15.2. The molecule has 1 aliphatic carbocycles. The number of hydrogen-bond donors (Lipinski definition) is 0. The lowest BCUT2D eigenvalue weighted by atomic mass is 9.72. The van der Waals surface area contributed by atoms with Crippen molar-refractivity contribution in [1.82, 2.24) is 9.97 Å². The van der Waals surface area contributed by atoms with E-state index in [0.29, 0.717) is 24.6 Å². The van der Waals surface area contributed by atoms with Crippen molar-refractivity contribution < 1.29 is 9.13 Å². The summed E-state index contributed by atoms with van der Waals surface area (Å²) in [6.07, 6.45) is 25.1. The van der Waals surface area contributed by atoms with Gasteiger partial charge in [0.25, 0.3) is 0 Å². The second kappa shape index (κ2) is 14.9. The first-order valence-electron chi connectivity index (χ1n) is 14.3. The van der Waals surface area contributed by atoms with E-state index in [2.05, 4.69) is 39.0 Å². The number of unbranched alkanes of at least 4 members (excludes halogenated alkanes) is 8. The highest BCUT2D eigenvalue weighted by atomic mass is 19.1. The van der Waals surface area contributed by atoms with Gasteiger partial charge in [-0.25, -0.2) is 14.4 Å². The molecule has 4 heteroatoms. The van der Waals surface area contributed by atoms with Crippen LogP contribution in [0.2, 0.25) is 0 Å². The number of hydrogen-bond acceptors (Lipinski definition) is 3. The first-order valence-corrected chi connectivity index (χ1v) is 14.3. The molecule has 0 saturated heterocycles. The van der Waals surface area contributed by atoms with Gasteiger partial charge in [0, 0.05) is 18.0 Å². The SMILES string of the molecule is CCCCCCCOc1c(F)cccc1C1(c2ncc(CCCCCCC)cn2)C=CC(CC)=CC1. The number of halogens is 1. The van der Waals surface area contributed by atoms with Crippen molar-refractivity contribution in [2.24, 2.45) is 0 Å². The summed E-state index contributed by atoms with van der Waals surface area (Å²) >= 11 is 0. The Bertz CT molecular complexity index is 982. The van der Waals surface area contributed by atoms with Crippen molar-refractivity contribution in [3.05, 3.63) is 77.2 Å². The maximum absolute atomic E-state index is 15.2. The van der Waals surface area contributed by atoms with Gasteiger partial charge in [-0.05, 0) is 43.7 Å². The molecule has 3 nitrogen and oxygen atoms in total. The van der Waals surface area contributed by atoms with Gasteiger partial charge in [-0.1, -0.05) is 108 Å². The van der Waals surface area contributed by atoms with E-state index in [4.69, 9.17) is 14.7 Å². The zero-order chi connectivity index (χ0) is 25.6. The fourth-order valence-corrected chi connectivity index (χ4v) is 4.96. The molecule has 1 aromatic carbocycles. The van der Waals surface area contributed by atoms with Crippen LogP contribution in [0, 0.1) is 5.82 Å². The molecule has 1 heterocycles. The lowest BCUT2D eigenvalue weighted by Crippen LogP contribution is -2.30. The van der Waals surface area contributed by atoms with Gasteiger partial charge in [-0.2, -0.15) is 0 Å². The monoisotopic (exact) mass is 492 g/mol. The molecule has 36 heavy (non-hydrogen) atoms. The highest BCUT2D eigenvalue weighted by Gasteiger charge is 2.38. The molecule has 0 radical (unpaired) electrons. The van der Waals surface area contributed by atoms with Crippen molar-refractivity contribution in [2.45, 2.75) is 110 Å². The van der Waals surface area contributed by atoms with E-state index in [1.54, 1.807) is 6.07 Å². The Morgan fingerprint density at radius 1 is 0.889 bits per heavy atom. The third-order valence-corrected chi connectivity index (χ3v) is 7.29. The molecule has 1 aliphatic rings. The number of benzene rings is 1. The predicted octanol–water partition coefficient (Wildman–Crippen LogP) is 9.06. The van der Waals surface area contributed by atoms with E-state index in [1.165, 1.54) is 56.6 Å². The Hall–Kier alpha value is -2.49. The van der Waals surface area contributed by atoms with Crippen LogP contribution in [-0.2, 0) is 11.8 Å². The van der Waals surface area contributed by atoms with Gasteiger partial charge in [0.2, 0.25) is 0 Å². The van der Waals surface area contributed by atoms with E-state index in [-0.39, 0.29) is 5.82 Å². The number of nitrogens with zero attached hydrogens (tertiary/aromatic N) is 2. The first-order chi connectivity index (χ1) is 17.6. The molecule has 0 saturated carbocycles. The molecular formula is C32H45FN2O. The molecule has 0 aliphatic heterocycles. The number of aryl methyl sites for hydroxylation is 1. The van der Waals surface area contributed by atoms with E-state index < -0.39 is 5.41 Å². The lowest BCUT2D eigenvalue weighted by molar-refractivity contribution is 0.283. The molecule has 0 bridgehead atoms. The average molecular weight is 493 g/mol. The molecular weight excluding hydrogens is 447 g/mol. The predicted molar refractivity (Wildman–Crippen MR) is 148 cm³/mol. The maximum Gasteiger partial charge on any atom is 0.165 e. The van der Waals surface area contributed by atoms with Crippen molar-refractivity contribution in [2.75, 3.05) is 6.61 Å². The number of rotatable bonds is 16. The van der Waals surface area contributed by atoms with Gasteiger partial charge in [0.1, 0.15) is 5.82 Å². The third kappa shape index (κ3) is 7.51. The highest BCUT2D eigenvalue weighted by Crippen LogP contribution is 2.44. The number of para-hydroxylation sites is 1. The molecule has 2 aromatic rings. The van der Waals surface area contributed by atoms with Gasteiger partial charge in [0.05, 0.1) is 12.0 Å². The summed E-state index contributed by atoms with van der Waals surface area (Å²) in [6.45, 7) is 7.12. The fraction of sp³-hybridized carbons (Fsp3) is 0.562. The number of aromatic nitrogens is 2. The third-order valence-electron chi connectivity index (χ3n) is 7.29. The number of ether oxygens (including phenoxy) is 1. The summed E-state index contributed by atoms with van der Waals surface area (Å²) in [7, 11) is 0. The molecule has 0 spiro atoms. The Kier molecular flexibility index (Phi) is 11.6. The average Bonchev–Trinajstić information content (AvgIpc) is 2.91. The van der Waals surface area contributed by atoms with Crippen LogP contribution in [-0.4, -0.2) is 16.6 Å². The topological polar surface area (TPSA) is 35.0 Å². The van der Waals surface area contributed by atoms with Crippen molar-refractivity contribution in [3.8, 4) is 5.75 Å². The fourth-order valence-electron chi connectivity index (χ4n) is 4.96. The standard InChI is InChI=1S/C32H45FN2O/c1-4-7-9-11-13-16-27-24-34-31(35-25-27)32(21-19-26(6-3)20-22-32)28-17-15-18-29(33)30(28)36-23-14-12-10-8-5-2/h15,17-21,24-25H,4-14,16,22-23H2,1-3H3. The molecule has 1 unspecified atom stereocenters. The minimum atomic E-state index is -0.641. The minimum Gasteiger partial charge on any atom is -0.490 e. The number of allylic oxidation sites excluding steroid dienone is 4. The minimum absolute atomic E-state index is 0.317. The summed E-state index contributed by atoms with van der Waals surface area (Å²) in [4.78, 5) is 9.70. The van der Waals surface area contributed by atoms with Crippen LogP contribution in [0.15, 0.2) is 54.4 Å². The van der Waals surface area contributed by atoms with Gasteiger partial charge >= 0.3 is 0 Å². The van der Waals surface area contributed by atoms with E-state index in [9.17, 15) is 0 Å². The smallest absolute Gasteiger partial charge is 0.165 e. The zero-order valence-electron chi connectivity index (χ0n) is 22.7. The second-order valence-electron chi connectivity index (χ2n) is 10.1. The Labute approximate surface area is 218 Å². The Morgan fingerprint density at radius 2 is 1.58 bits per heavy atom. The normalized spacial score (nSPS) is 17.3. The molecule has 0 N–H and O–H groups in total. The van der Waals surface area contributed by atoms with Crippen LogP contribution in [0.1, 0.15) is 115 Å². The Balaban J connectivity index is 1.84. The van der Waals surface area contributed by atoms with E-state index in [0.717, 1.165) is 43.2 Å². The van der Waals surface area contributed by atoms with Crippen LogP contribution >= 0.6 is 0 Å². The van der Waals surface area contributed by atoms with Gasteiger partial charge < -0.3 is 4.74 Å². The highest BCUT2D eigenvalue weighted by molar-refractivity contribution is 5.51. The summed E-state index contributed by atoms with van der Waals surface area (Å²) in [6, 6.07) is 5.25. The first kappa shape index (κ1) is 28.1. The lowest BCUT2D eigenvalue weighted by Gasteiger charge is -2.33. The van der Waals surface area contributed by atoms with Crippen LogP contribution in [0.5, 0.6) is 5.75 Å². The summed E-state index contributed by atoms with van der Waals surface area (Å²) in [5.74, 6) is 0.732. The van der Waals surface area contributed by atoms with Gasteiger partial charge in [-0.15, -0.1) is 0 Å². The van der Waals surface area contributed by atoms with Crippen molar-refractivity contribution in [1.29, 1.82) is 0 Å². The van der Waals surface area contributed by atoms with Crippen molar-refractivity contribution >= 4 is 0 Å². The van der Waals surface area contributed by atoms with Gasteiger partial charge in [-0.3, -0.25) is 0 Å². The molecule has 196 valence electrons. The van der Waals surface area contributed by atoms with E-state index in [1.807, 2.05) is 18.5 Å². The Morgan fingerprint density at radius 3 is 2.22 bits per heavy atom. The molecule has 0 amide bonds. The van der Waals surface area contributed by atoms with Crippen LogP contribution < -0.4 is 4.74 Å². The summed E-state index contributed by atoms with van der Waals surface area (Å²) in [5, 5.41) is 0. The molecule has 0 fully saturated rings. The van der Waals surface area contributed by atoms with Crippen LogP contribution in [0.25, 0.3) is 0 Å². The van der Waals surface area contributed by atoms with Crippen LogP contribution in [0.4, 0.5) is 4.39 Å². The second-order valence-corrected chi connectivity index (χ2v) is 10.1. The van der Waals surface area contributed by atoms with E-state index >= 15 is 4.39 Å². The largest absolute Gasteiger partial charge is 0.490 e. The molecule has 1 aromatic heterocycles. The van der Waals surface area contributed by atoms with Crippen molar-refractivity contribution in [3.63, 3.8) is 0 Å². The van der Waals surface area contributed by atoms with Crippen LogP contribution in [0.3, 0.4) is 0 Å². The molecule has 1 atom stereocenters. The van der Waals surface area contributed by atoms with Gasteiger partial charge in [0.15, 0.2) is 11.6 Å². The summed E-state index contributed by atoms with van der Waals surface area (Å²) < 4.78 is 21.3. The molecule has 3 rings (SSSR count). The quantitative estimate of drug-likeness (QED) is 0.219.